The number of amides is 1. The van der Waals surface area contributed by atoms with Gasteiger partial charge in [-0.15, -0.1) is 0 Å². The molecule has 1 aliphatic heterocycles. The number of nitrogens with one attached hydrogen (secondary N) is 2. The summed E-state index contributed by atoms with van der Waals surface area (Å²) in [4.78, 5) is 31.0. The average Bonchev–Trinajstić information content (AvgIpc) is 3.28. The van der Waals surface area contributed by atoms with Crippen molar-refractivity contribution in [1.82, 2.24) is 24.8 Å². The van der Waals surface area contributed by atoms with Crippen molar-refractivity contribution < 1.29 is 13.9 Å². The molecule has 0 bridgehead atoms. The number of hydrogen-bond donors (Lipinski definition) is 2. The first-order valence-electron chi connectivity index (χ1n) is 10.5. The fourth-order valence-corrected chi connectivity index (χ4v) is 3.70. The van der Waals surface area contributed by atoms with Gasteiger partial charge in [0.1, 0.15) is 17.4 Å². The van der Waals surface area contributed by atoms with Gasteiger partial charge in [0.05, 0.1) is 28.5 Å². The average molecular weight is 494 g/mol. The van der Waals surface area contributed by atoms with Crippen molar-refractivity contribution in [2.24, 2.45) is 0 Å². The van der Waals surface area contributed by atoms with E-state index in [1.807, 2.05) is 6.92 Å². The van der Waals surface area contributed by atoms with Crippen LogP contribution in [0.15, 0.2) is 24.7 Å². The third-order valence-corrected chi connectivity index (χ3v) is 5.95. The molecule has 0 radical (unpaired) electrons. The van der Waals surface area contributed by atoms with Crippen LogP contribution in [0.2, 0.25) is 10.0 Å². The van der Waals surface area contributed by atoms with E-state index >= 15 is 0 Å². The van der Waals surface area contributed by atoms with Crippen LogP contribution in [0.1, 0.15) is 26.2 Å². The molecule has 4 rings (SSSR count). The summed E-state index contributed by atoms with van der Waals surface area (Å²) in [5, 5.41) is 6.06. The van der Waals surface area contributed by atoms with Crippen molar-refractivity contribution in [3.05, 3.63) is 40.5 Å². The Hall–Kier alpha value is -2.98. The van der Waals surface area contributed by atoms with E-state index in [0.29, 0.717) is 36.7 Å². The first-order valence-corrected chi connectivity index (χ1v) is 11.3. The van der Waals surface area contributed by atoms with E-state index in [2.05, 4.69) is 30.6 Å². The lowest BCUT2D eigenvalue weighted by Gasteiger charge is -2.17. The lowest BCUT2D eigenvalue weighted by atomic mass is 10.3. The number of nitrogens with zero attached hydrogens (tertiary/aromatic N) is 5. The summed E-state index contributed by atoms with van der Waals surface area (Å²) >= 11 is 11.8. The molecule has 1 saturated heterocycles. The maximum absolute atomic E-state index is 14.5. The highest BCUT2D eigenvalue weighted by Gasteiger charge is 2.27. The molecular formula is C21H22Cl2FN7O2. The summed E-state index contributed by atoms with van der Waals surface area (Å²) in [5.41, 5.74) is 0.978. The van der Waals surface area contributed by atoms with E-state index < -0.39 is 5.82 Å². The summed E-state index contributed by atoms with van der Waals surface area (Å²) in [6, 6.07) is 2.92. The van der Waals surface area contributed by atoms with Crippen molar-refractivity contribution in [2.45, 2.75) is 32.2 Å². The van der Waals surface area contributed by atoms with Crippen LogP contribution in [0.4, 0.5) is 26.6 Å². The number of hydrogen-bond acceptors (Lipinski definition) is 8. The minimum absolute atomic E-state index is 0.0327. The number of carbonyl (C=O) groups excluding carboxylic acids is 1. The zero-order valence-electron chi connectivity index (χ0n) is 17.8. The van der Waals surface area contributed by atoms with Crippen LogP contribution in [-0.4, -0.2) is 56.7 Å². The lowest BCUT2D eigenvalue weighted by molar-refractivity contribution is 0.109. The molecule has 0 saturated carbocycles. The molecule has 9 nitrogen and oxygen atoms in total. The summed E-state index contributed by atoms with van der Waals surface area (Å²) in [6.45, 7) is 3.53. The second kappa shape index (κ2) is 10.3. The van der Waals surface area contributed by atoms with Crippen molar-refractivity contribution in [1.29, 1.82) is 0 Å². The Morgan fingerprint density at radius 3 is 2.97 bits per heavy atom. The maximum Gasteiger partial charge on any atom is 0.409 e. The standard InChI is InChI=1S/C21H22Cl2FN7O2/c1-2-3-8-33-21(32)31-7-6-12(10-31)28-20-25-9-15-18(30-20)19(27-11-26-15)29-14-5-4-13(22)16(23)17(14)24/h4-5,9,11-12H,2-3,6-8,10H2,1H3,(H,25,28,30)(H,26,27,29). The first kappa shape index (κ1) is 23.2. The zero-order chi connectivity index (χ0) is 23.4. The van der Waals surface area contributed by atoms with Crippen LogP contribution in [-0.2, 0) is 4.74 Å². The number of halogens is 3. The molecule has 1 amide bonds. The van der Waals surface area contributed by atoms with Crippen LogP contribution in [0, 0.1) is 5.82 Å². The lowest BCUT2D eigenvalue weighted by Crippen LogP contribution is -2.32. The number of fused-ring (bicyclic) bond motifs is 1. The number of rotatable bonds is 7. The minimum Gasteiger partial charge on any atom is -0.449 e. The quantitative estimate of drug-likeness (QED) is 0.348. The molecule has 3 aromatic rings. The number of likely N-dealkylation sites (tertiary alicyclic amines) is 1. The second-order valence-corrected chi connectivity index (χ2v) is 8.33. The van der Waals surface area contributed by atoms with Gasteiger partial charge in [0.2, 0.25) is 5.95 Å². The van der Waals surface area contributed by atoms with Gasteiger partial charge in [-0.1, -0.05) is 36.5 Å². The zero-order valence-corrected chi connectivity index (χ0v) is 19.3. The smallest absolute Gasteiger partial charge is 0.409 e. The van der Waals surface area contributed by atoms with E-state index in [-0.39, 0.29) is 33.7 Å². The number of unbranched alkanes of at least 4 members (excludes halogenated alkanes) is 1. The molecule has 1 aliphatic rings. The van der Waals surface area contributed by atoms with Gasteiger partial charge in [0.15, 0.2) is 11.6 Å². The van der Waals surface area contributed by atoms with Gasteiger partial charge in [0.25, 0.3) is 0 Å². The number of ether oxygens (including phenoxy) is 1. The number of anilines is 3. The molecule has 0 aliphatic carbocycles. The van der Waals surface area contributed by atoms with Gasteiger partial charge in [-0.25, -0.2) is 29.1 Å². The molecule has 12 heteroatoms. The molecule has 2 N–H and O–H groups in total. The Kier molecular flexibility index (Phi) is 7.24. The van der Waals surface area contributed by atoms with Crippen LogP contribution in [0.3, 0.4) is 0 Å². The summed E-state index contributed by atoms with van der Waals surface area (Å²) < 4.78 is 19.8. The summed E-state index contributed by atoms with van der Waals surface area (Å²) in [6.07, 6.45) is 5.11. The molecule has 3 heterocycles. The van der Waals surface area contributed by atoms with E-state index in [1.54, 1.807) is 11.1 Å². The van der Waals surface area contributed by atoms with Gasteiger partial charge < -0.3 is 20.3 Å². The molecule has 2 aromatic heterocycles. The van der Waals surface area contributed by atoms with Gasteiger partial charge in [-0.05, 0) is 25.0 Å². The maximum atomic E-state index is 14.5. The predicted molar refractivity (Wildman–Crippen MR) is 125 cm³/mol. The molecular weight excluding hydrogens is 472 g/mol. The molecule has 0 spiro atoms. The van der Waals surface area contributed by atoms with Crippen LogP contribution in [0.5, 0.6) is 0 Å². The molecule has 33 heavy (non-hydrogen) atoms. The third kappa shape index (κ3) is 5.33. The molecule has 1 aromatic carbocycles. The normalized spacial score (nSPS) is 15.6. The molecule has 1 unspecified atom stereocenters. The summed E-state index contributed by atoms with van der Waals surface area (Å²) in [5.74, 6) is -0.0587. The van der Waals surface area contributed by atoms with Crippen molar-refractivity contribution in [2.75, 3.05) is 30.3 Å². The van der Waals surface area contributed by atoms with Gasteiger partial charge in [-0.3, -0.25) is 0 Å². The fourth-order valence-electron chi connectivity index (χ4n) is 3.39. The van der Waals surface area contributed by atoms with Gasteiger partial charge >= 0.3 is 6.09 Å². The molecule has 1 fully saturated rings. The minimum atomic E-state index is -0.694. The van der Waals surface area contributed by atoms with E-state index in [0.717, 1.165) is 19.3 Å². The first-order chi connectivity index (χ1) is 16.0. The number of carbonyl (C=O) groups is 1. The third-order valence-electron chi connectivity index (χ3n) is 5.17. The fraction of sp³-hybridized carbons (Fsp3) is 0.381. The van der Waals surface area contributed by atoms with Gasteiger partial charge in [0, 0.05) is 19.1 Å². The highest BCUT2D eigenvalue weighted by atomic mass is 35.5. The Labute approximate surface area is 199 Å². The van der Waals surface area contributed by atoms with Crippen molar-refractivity contribution in [3.63, 3.8) is 0 Å². The Morgan fingerprint density at radius 2 is 2.15 bits per heavy atom. The Bertz CT molecular complexity index is 1170. The van der Waals surface area contributed by atoms with Crippen molar-refractivity contribution >= 4 is 57.8 Å². The van der Waals surface area contributed by atoms with E-state index in [9.17, 15) is 9.18 Å². The topological polar surface area (TPSA) is 105 Å². The van der Waals surface area contributed by atoms with Crippen LogP contribution < -0.4 is 10.6 Å². The molecule has 1 atom stereocenters. The summed E-state index contributed by atoms with van der Waals surface area (Å²) in [7, 11) is 0. The van der Waals surface area contributed by atoms with Crippen LogP contribution >= 0.6 is 23.2 Å². The Morgan fingerprint density at radius 1 is 1.30 bits per heavy atom. The number of benzene rings is 1. The SMILES string of the molecule is CCCCOC(=O)N1CCC(Nc2ncc3ncnc(Nc4ccc(Cl)c(Cl)c4F)c3n2)C1. The second-order valence-electron chi connectivity index (χ2n) is 7.54. The Balaban J connectivity index is 1.48. The van der Waals surface area contributed by atoms with E-state index in [1.165, 1.54) is 18.5 Å². The monoisotopic (exact) mass is 493 g/mol. The molecule has 174 valence electrons. The number of aromatic nitrogens is 4. The van der Waals surface area contributed by atoms with Crippen LogP contribution in [0.25, 0.3) is 11.0 Å². The van der Waals surface area contributed by atoms with Gasteiger partial charge in [-0.2, -0.15) is 0 Å². The highest BCUT2D eigenvalue weighted by Crippen LogP contribution is 2.32. The predicted octanol–water partition coefficient (Wildman–Crippen LogP) is 5.03. The largest absolute Gasteiger partial charge is 0.449 e. The van der Waals surface area contributed by atoms with Crippen molar-refractivity contribution in [3.8, 4) is 0 Å². The highest BCUT2D eigenvalue weighted by molar-refractivity contribution is 6.42. The van der Waals surface area contributed by atoms with E-state index in [4.69, 9.17) is 27.9 Å².